The molecule has 0 spiro atoms. The molecule has 0 bridgehead atoms. The van der Waals surface area contributed by atoms with E-state index in [9.17, 15) is 19.5 Å². The summed E-state index contributed by atoms with van der Waals surface area (Å²) >= 11 is 0. The number of ether oxygens (including phenoxy) is 1. The highest BCUT2D eigenvalue weighted by Gasteiger charge is 2.39. The third-order valence-corrected chi connectivity index (χ3v) is 4.77. The van der Waals surface area contributed by atoms with Gasteiger partial charge in [0, 0.05) is 5.92 Å². The van der Waals surface area contributed by atoms with Crippen molar-refractivity contribution in [3.8, 4) is 0 Å². The number of carboxylic acids is 1. The lowest BCUT2D eigenvalue weighted by molar-refractivity contribution is -0.148. The number of Topliss-reactive ketones (excluding diaryl/α,β-unsaturated/α-hetero) is 1. The van der Waals surface area contributed by atoms with Gasteiger partial charge >= 0.3 is 12.1 Å². The van der Waals surface area contributed by atoms with Crippen LogP contribution in [-0.2, 0) is 20.7 Å². The van der Waals surface area contributed by atoms with Crippen LogP contribution in [0, 0.1) is 11.8 Å². The average molecular weight is 375 g/mol. The van der Waals surface area contributed by atoms with Crippen LogP contribution in [0.5, 0.6) is 0 Å². The van der Waals surface area contributed by atoms with Crippen LogP contribution in [0.3, 0.4) is 0 Å². The van der Waals surface area contributed by atoms with Crippen LogP contribution in [0.1, 0.15) is 52.0 Å². The summed E-state index contributed by atoms with van der Waals surface area (Å²) in [5.41, 5.74) is 0.216. The van der Waals surface area contributed by atoms with Gasteiger partial charge in [-0.2, -0.15) is 0 Å². The first kappa shape index (κ1) is 20.9. The highest BCUT2D eigenvalue weighted by molar-refractivity contribution is 5.92. The fourth-order valence-corrected chi connectivity index (χ4v) is 3.55. The number of alkyl carbamates (subject to hydrolysis) is 1. The van der Waals surface area contributed by atoms with Gasteiger partial charge in [-0.05, 0) is 45.6 Å². The van der Waals surface area contributed by atoms with E-state index in [0.29, 0.717) is 19.3 Å². The average Bonchev–Trinajstić information content (AvgIpc) is 2.59. The monoisotopic (exact) mass is 375 g/mol. The number of carbonyl (C=O) groups is 3. The molecule has 3 unspecified atom stereocenters. The maximum atomic E-state index is 13.2. The molecule has 1 aliphatic carbocycles. The van der Waals surface area contributed by atoms with Gasteiger partial charge < -0.3 is 15.2 Å². The van der Waals surface area contributed by atoms with E-state index in [2.05, 4.69) is 5.32 Å². The van der Waals surface area contributed by atoms with Crippen LogP contribution < -0.4 is 5.32 Å². The Labute approximate surface area is 160 Å². The molecule has 2 rings (SSSR count). The first-order chi connectivity index (χ1) is 12.7. The number of ketones is 1. The summed E-state index contributed by atoms with van der Waals surface area (Å²) in [6.07, 6.45) is 2.31. The molecule has 0 saturated heterocycles. The minimum Gasteiger partial charge on any atom is -0.481 e. The number of nitrogens with one attached hydrogen (secondary N) is 1. The molecule has 1 aromatic rings. The van der Waals surface area contributed by atoms with Crippen LogP contribution in [0.4, 0.5) is 4.79 Å². The Morgan fingerprint density at radius 3 is 2.26 bits per heavy atom. The first-order valence-corrected chi connectivity index (χ1v) is 9.47. The zero-order valence-electron chi connectivity index (χ0n) is 16.2. The summed E-state index contributed by atoms with van der Waals surface area (Å²) in [5, 5.41) is 12.2. The van der Waals surface area contributed by atoms with Crippen LogP contribution in [0.2, 0.25) is 0 Å². The number of rotatable bonds is 6. The second-order valence-electron chi connectivity index (χ2n) is 8.13. The SMILES string of the molecule is CC(C)(C)OC(=O)NC(Cc1ccccc1)C(=O)C1CCCCC1C(=O)O. The molecule has 0 aliphatic heterocycles. The van der Waals surface area contributed by atoms with Crippen LogP contribution in [-0.4, -0.2) is 34.6 Å². The lowest BCUT2D eigenvalue weighted by Gasteiger charge is -2.31. The minimum absolute atomic E-state index is 0.225. The number of aliphatic carboxylic acids is 1. The Morgan fingerprint density at radius 2 is 1.70 bits per heavy atom. The maximum Gasteiger partial charge on any atom is 0.408 e. The van der Waals surface area contributed by atoms with E-state index in [4.69, 9.17) is 4.74 Å². The molecule has 148 valence electrons. The standard InChI is InChI=1S/C21H29NO5/c1-21(2,3)27-20(26)22-17(13-14-9-5-4-6-10-14)18(23)15-11-7-8-12-16(15)19(24)25/h4-6,9-10,15-17H,7-8,11-13H2,1-3H3,(H,22,26)(H,24,25). The van der Waals surface area contributed by atoms with Gasteiger partial charge in [-0.25, -0.2) is 4.79 Å². The topological polar surface area (TPSA) is 92.7 Å². The van der Waals surface area contributed by atoms with Crippen molar-refractivity contribution >= 4 is 17.8 Å². The molecule has 2 N–H and O–H groups in total. The number of hydrogen-bond acceptors (Lipinski definition) is 4. The van der Waals surface area contributed by atoms with Crippen LogP contribution in [0.25, 0.3) is 0 Å². The third kappa shape index (κ3) is 6.38. The molecule has 0 heterocycles. The normalized spacial score (nSPS) is 21.1. The van der Waals surface area contributed by atoms with Crippen molar-refractivity contribution in [2.24, 2.45) is 11.8 Å². The van der Waals surface area contributed by atoms with Gasteiger partial charge in [0.25, 0.3) is 0 Å². The van der Waals surface area contributed by atoms with Gasteiger partial charge in [-0.1, -0.05) is 43.2 Å². The fraction of sp³-hybridized carbons (Fsp3) is 0.571. The van der Waals surface area contributed by atoms with Crippen molar-refractivity contribution in [3.63, 3.8) is 0 Å². The highest BCUT2D eigenvalue weighted by Crippen LogP contribution is 2.32. The summed E-state index contributed by atoms with van der Waals surface area (Å²) < 4.78 is 5.30. The molecule has 1 amide bonds. The van der Waals surface area contributed by atoms with E-state index >= 15 is 0 Å². The molecule has 1 aromatic carbocycles. The van der Waals surface area contributed by atoms with E-state index in [1.54, 1.807) is 20.8 Å². The molecular formula is C21H29NO5. The number of amides is 1. The number of hydrogen-bond donors (Lipinski definition) is 2. The van der Waals surface area contributed by atoms with Crippen molar-refractivity contribution in [1.82, 2.24) is 5.32 Å². The Kier molecular flexibility index (Phi) is 6.99. The van der Waals surface area contributed by atoms with Crippen LogP contribution in [0.15, 0.2) is 30.3 Å². The van der Waals surface area contributed by atoms with E-state index in [1.807, 2.05) is 30.3 Å². The van der Waals surface area contributed by atoms with E-state index in [-0.39, 0.29) is 5.78 Å². The van der Waals surface area contributed by atoms with Gasteiger partial charge in [-0.3, -0.25) is 9.59 Å². The van der Waals surface area contributed by atoms with Crippen molar-refractivity contribution in [2.75, 3.05) is 0 Å². The lowest BCUT2D eigenvalue weighted by Crippen LogP contribution is -2.49. The Morgan fingerprint density at radius 1 is 1.11 bits per heavy atom. The number of carboxylic acid groups (broad SMARTS) is 1. The smallest absolute Gasteiger partial charge is 0.408 e. The van der Waals surface area contributed by atoms with Gasteiger partial charge in [0.1, 0.15) is 5.60 Å². The highest BCUT2D eigenvalue weighted by atomic mass is 16.6. The second kappa shape index (κ2) is 9.02. The van der Waals surface area contributed by atoms with Crippen molar-refractivity contribution in [2.45, 2.75) is 64.5 Å². The summed E-state index contributed by atoms with van der Waals surface area (Å²) in [6, 6.07) is 8.56. The van der Waals surface area contributed by atoms with Gasteiger partial charge in [0.05, 0.1) is 12.0 Å². The molecule has 6 nitrogen and oxygen atoms in total. The zero-order chi connectivity index (χ0) is 20.0. The molecule has 1 aliphatic rings. The van der Waals surface area contributed by atoms with E-state index in [0.717, 1.165) is 18.4 Å². The fourth-order valence-electron chi connectivity index (χ4n) is 3.55. The van der Waals surface area contributed by atoms with Crippen molar-refractivity contribution in [3.05, 3.63) is 35.9 Å². The second-order valence-corrected chi connectivity index (χ2v) is 8.13. The van der Waals surface area contributed by atoms with E-state index in [1.165, 1.54) is 0 Å². The molecule has 6 heteroatoms. The van der Waals surface area contributed by atoms with Gasteiger partial charge in [0.2, 0.25) is 0 Å². The summed E-state index contributed by atoms with van der Waals surface area (Å²) in [4.78, 5) is 37.0. The number of benzene rings is 1. The van der Waals surface area contributed by atoms with Crippen LogP contribution >= 0.6 is 0 Å². The summed E-state index contributed by atoms with van der Waals surface area (Å²) in [7, 11) is 0. The molecule has 27 heavy (non-hydrogen) atoms. The molecule has 3 atom stereocenters. The zero-order valence-corrected chi connectivity index (χ0v) is 16.2. The predicted octanol–water partition coefficient (Wildman–Crippen LogP) is 3.58. The molecule has 1 fully saturated rings. The number of carbonyl (C=O) groups excluding carboxylic acids is 2. The summed E-state index contributed by atoms with van der Waals surface area (Å²) in [6.45, 7) is 5.26. The maximum absolute atomic E-state index is 13.2. The molecule has 0 radical (unpaired) electrons. The Bertz CT molecular complexity index is 665. The summed E-state index contributed by atoms with van der Waals surface area (Å²) in [5.74, 6) is -2.44. The molecular weight excluding hydrogens is 346 g/mol. The van der Waals surface area contributed by atoms with Gasteiger partial charge in [-0.15, -0.1) is 0 Å². The predicted molar refractivity (Wildman–Crippen MR) is 101 cm³/mol. The van der Waals surface area contributed by atoms with E-state index < -0.39 is 35.5 Å². The van der Waals surface area contributed by atoms with Crippen molar-refractivity contribution < 1.29 is 24.2 Å². The lowest BCUT2D eigenvalue weighted by atomic mass is 9.74. The largest absolute Gasteiger partial charge is 0.481 e. The van der Waals surface area contributed by atoms with Gasteiger partial charge in [0.15, 0.2) is 5.78 Å². The third-order valence-electron chi connectivity index (χ3n) is 4.77. The van der Waals surface area contributed by atoms with Crippen molar-refractivity contribution in [1.29, 1.82) is 0 Å². The molecule has 0 aromatic heterocycles. The minimum atomic E-state index is -0.941. The first-order valence-electron chi connectivity index (χ1n) is 9.47. The Hall–Kier alpha value is -2.37. The molecule has 1 saturated carbocycles. The Balaban J connectivity index is 2.20. The quantitative estimate of drug-likeness (QED) is 0.793.